The predicted molar refractivity (Wildman–Crippen MR) is 95.5 cm³/mol. The van der Waals surface area contributed by atoms with E-state index in [9.17, 15) is 18.0 Å². The molecule has 3 nitrogen and oxygen atoms in total. The lowest BCUT2D eigenvalue weighted by atomic mass is 9.89. The van der Waals surface area contributed by atoms with Crippen molar-refractivity contribution in [1.29, 1.82) is 0 Å². The fraction of sp³-hybridized carbons (Fsp3) is 0.474. The summed E-state index contributed by atoms with van der Waals surface area (Å²) < 4.78 is 38.6. The zero-order chi connectivity index (χ0) is 18.7. The van der Waals surface area contributed by atoms with Crippen LogP contribution in [-0.4, -0.2) is 35.3 Å². The second-order valence-electron chi connectivity index (χ2n) is 6.69. The lowest BCUT2D eigenvalue weighted by Gasteiger charge is -2.31. The Balaban J connectivity index is 1.62. The molecule has 3 rings (SSSR count). The number of Topliss-reactive ketones (excluding diaryl/α,β-unsaturated/α-hetero) is 1. The van der Waals surface area contributed by atoms with Crippen LogP contribution in [0.5, 0.6) is 0 Å². The summed E-state index contributed by atoms with van der Waals surface area (Å²) >= 11 is 1.62. The molecule has 0 amide bonds. The SMILES string of the molecule is Cc1nc(CCN2CCC[C@H](C(=O)c3cccc(C(F)(F)F)c3)C2)cs1. The smallest absolute Gasteiger partial charge is 0.302 e. The fourth-order valence-electron chi connectivity index (χ4n) is 3.35. The van der Waals surface area contributed by atoms with Gasteiger partial charge in [0, 0.05) is 36.4 Å². The minimum Gasteiger partial charge on any atom is -0.302 e. The molecule has 0 N–H and O–H groups in total. The third kappa shape index (κ3) is 4.71. The Morgan fingerprint density at radius 3 is 2.88 bits per heavy atom. The van der Waals surface area contributed by atoms with Crippen molar-refractivity contribution in [2.75, 3.05) is 19.6 Å². The Morgan fingerprint density at radius 2 is 2.19 bits per heavy atom. The zero-order valence-electron chi connectivity index (χ0n) is 14.6. The van der Waals surface area contributed by atoms with Gasteiger partial charge in [-0.05, 0) is 38.4 Å². The van der Waals surface area contributed by atoms with Gasteiger partial charge >= 0.3 is 6.18 Å². The number of carbonyl (C=O) groups excluding carboxylic acids is 1. The Hall–Kier alpha value is -1.73. The van der Waals surface area contributed by atoms with E-state index in [1.807, 2.05) is 12.3 Å². The molecule has 1 aliphatic heterocycles. The Bertz CT molecular complexity index is 772. The number of carbonyl (C=O) groups is 1. The van der Waals surface area contributed by atoms with Crippen LogP contribution in [0.15, 0.2) is 29.6 Å². The largest absolute Gasteiger partial charge is 0.416 e. The van der Waals surface area contributed by atoms with Crippen molar-refractivity contribution in [3.63, 3.8) is 0 Å². The second-order valence-corrected chi connectivity index (χ2v) is 7.75. The van der Waals surface area contributed by atoms with Gasteiger partial charge in [-0.15, -0.1) is 11.3 Å². The van der Waals surface area contributed by atoms with Gasteiger partial charge in [-0.1, -0.05) is 12.1 Å². The third-order valence-corrected chi connectivity index (χ3v) is 5.52. The average molecular weight is 382 g/mol. The molecule has 0 spiro atoms. The normalized spacial score (nSPS) is 18.8. The highest BCUT2D eigenvalue weighted by Crippen LogP contribution is 2.30. The highest BCUT2D eigenvalue weighted by molar-refractivity contribution is 7.09. The molecule has 1 atom stereocenters. The first kappa shape index (κ1) is 19.0. The number of nitrogens with zero attached hydrogens (tertiary/aromatic N) is 2. The number of aryl methyl sites for hydroxylation is 1. The quantitative estimate of drug-likeness (QED) is 0.708. The van der Waals surface area contributed by atoms with E-state index < -0.39 is 11.7 Å². The Kier molecular flexibility index (Phi) is 5.77. The molecule has 1 aromatic heterocycles. The summed E-state index contributed by atoms with van der Waals surface area (Å²) in [6, 6.07) is 4.76. The van der Waals surface area contributed by atoms with Crippen molar-refractivity contribution in [3.8, 4) is 0 Å². The van der Waals surface area contributed by atoms with E-state index in [0.29, 0.717) is 6.54 Å². The number of likely N-dealkylation sites (tertiary alicyclic amines) is 1. The number of halogens is 3. The van der Waals surface area contributed by atoms with E-state index in [-0.39, 0.29) is 17.3 Å². The van der Waals surface area contributed by atoms with Crippen LogP contribution in [0.4, 0.5) is 13.2 Å². The van der Waals surface area contributed by atoms with Gasteiger partial charge in [0.05, 0.1) is 16.3 Å². The van der Waals surface area contributed by atoms with E-state index in [4.69, 9.17) is 0 Å². The average Bonchev–Trinajstić information content (AvgIpc) is 3.04. The van der Waals surface area contributed by atoms with Crippen molar-refractivity contribution in [1.82, 2.24) is 9.88 Å². The first-order valence-electron chi connectivity index (χ1n) is 8.68. The molecular weight excluding hydrogens is 361 g/mol. The maximum absolute atomic E-state index is 12.9. The number of benzene rings is 1. The van der Waals surface area contributed by atoms with Gasteiger partial charge in [0.1, 0.15) is 0 Å². The molecule has 2 aromatic rings. The van der Waals surface area contributed by atoms with Crippen LogP contribution in [0.1, 0.15) is 39.5 Å². The van der Waals surface area contributed by atoms with Gasteiger partial charge < -0.3 is 4.90 Å². The molecule has 1 aromatic carbocycles. The number of piperidine rings is 1. The van der Waals surface area contributed by atoms with E-state index in [1.165, 1.54) is 12.1 Å². The van der Waals surface area contributed by atoms with Gasteiger partial charge in [0.15, 0.2) is 5.78 Å². The van der Waals surface area contributed by atoms with E-state index in [1.54, 1.807) is 11.3 Å². The van der Waals surface area contributed by atoms with Crippen molar-refractivity contribution < 1.29 is 18.0 Å². The van der Waals surface area contributed by atoms with E-state index in [2.05, 4.69) is 9.88 Å². The van der Waals surface area contributed by atoms with Gasteiger partial charge in [0.25, 0.3) is 0 Å². The zero-order valence-corrected chi connectivity index (χ0v) is 15.4. The summed E-state index contributed by atoms with van der Waals surface area (Å²) in [6.45, 7) is 4.29. The lowest BCUT2D eigenvalue weighted by Crippen LogP contribution is -2.39. The van der Waals surface area contributed by atoms with E-state index in [0.717, 1.165) is 55.2 Å². The van der Waals surface area contributed by atoms with Crippen LogP contribution in [0, 0.1) is 12.8 Å². The number of hydrogen-bond acceptors (Lipinski definition) is 4. The molecule has 1 fully saturated rings. The summed E-state index contributed by atoms with van der Waals surface area (Å²) in [4.78, 5) is 19.4. The Labute approximate surface area is 154 Å². The predicted octanol–water partition coefficient (Wildman–Crippen LogP) is 4.61. The van der Waals surface area contributed by atoms with Gasteiger partial charge in [-0.3, -0.25) is 4.79 Å². The number of alkyl halides is 3. The van der Waals surface area contributed by atoms with Gasteiger partial charge in [0.2, 0.25) is 0 Å². The monoisotopic (exact) mass is 382 g/mol. The second kappa shape index (κ2) is 7.88. The lowest BCUT2D eigenvalue weighted by molar-refractivity contribution is -0.137. The molecule has 1 saturated heterocycles. The molecular formula is C19H21F3N2OS. The van der Waals surface area contributed by atoms with E-state index >= 15 is 0 Å². The molecule has 0 aliphatic carbocycles. The summed E-state index contributed by atoms with van der Waals surface area (Å²) in [5, 5.41) is 3.08. The van der Waals surface area contributed by atoms with Gasteiger partial charge in [-0.2, -0.15) is 13.2 Å². The van der Waals surface area contributed by atoms with Crippen LogP contribution >= 0.6 is 11.3 Å². The maximum Gasteiger partial charge on any atom is 0.416 e. The molecule has 0 unspecified atom stereocenters. The molecule has 140 valence electrons. The first-order valence-corrected chi connectivity index (χ1v) is 9.56. The summed E-state index contributed by atoms with van der Waals surface area (Å²) in [5.74, 6) is -0.435. The fourth-order valence-corrected chi connectivity index (χ4v) is 4.00. The number of ketones is 1. The summed E-state index contributed by atoms with van der Waals surface area (Å²) in [7, 11) is 0. The van der Waals surface area contributed by atoms with Crippen LogP contribution < -0.4 is 0 Å². The highest BCUT2D eigenvalue weighted by Gasteiger charge is 2.32. The van der Waals surface area contributed by atoms with Crippen LogP contribution in [0.3, 0.4) is 0 Å². The molecule has 1 aliphatic rings. The van der Waals surface area contributed by atoms with Gasteiger partial charge in [-0.25, -0.2) is 4.98 Å². The van der Waals surface area contributed by atoms with Crippen LogP contribution in [0.2, 0.25) is 0 Å². The highest BCUT2D eigenvalue weighted by atomic mass is 32.1. The first-order chi connectivity index (χ1) is 12.3. The molecule has 0 saturated carbocycles. The number of hydrogen-bond donors (Lipinski definition) is 0. The standard InChI is InChI=1S/C19H21F3N2OS/c1-13-23-17(12-26-13)7-9-24-8-3-5-15(11-24)18(25)14-4-2-6-16(10-14)19(20,21)22/h2,4,6,10,12,15H,3,5,7-9,11H2,1H3/t15-/m0/s1. The number of thiazole rings is 1. The van der Waals surface area contributed by atoms with Crippen LogP contribution in [0.25, 0.3) is 0 Å². The van der Waals surface area contributed by atoms with Crippen molar-refractivity contribution in [2.24, 2.45) is 5.92 Å². The molecule has 0 radical (unpaired) electrons. The van der Waals surface area contributed by atoms with Crippen LogP contribution in [-0.2, 0) is 12.6 Å². The summed E-state index contributed by atoms with van der Waals surface area (Å²) in [6.07, 6.45) is -2.00. The third-order valence-electron chi connectivity index (χ3n) is 4.70. The minimum atomic E-state index is -4.43. The van der Waals surface area contributed by atoms with Crippen molar-refractivity contribution in [2.45, 2.75) is 32.4 Å². The summed E-state index contributed by atoms with van der Waals surface area (Å²) in [5.41, 5.74) is 0.440. The minimum absolute atomic E-state index is 0.154. The molecule has 26 heavy (non-hydrogen) atoms. The van der Waals surface area contributed by atoms with Crippen molar-refractivity contribution >= 4 is 17.1 Å². The van der Waals surface area contributed by atoms with Crippen molar-refractivity contribution in [3.05, 3.63) is 51.5 Å². The number of aromatic nitrogens is 1. The Morgan fingerprint density at radius 1 is 1.38 bits per heavy atom. The number of rotatable bonds is 5. The molecule has 0 bridgehead atoms. The topological polar surface area (TPSA) is 33.2 Å². The molecule has 2 heterocycles. The molecule has 7 heteroatoms. The maximum atomic E-state index is 12.9.